The first-order valence-electron chi connectivity index (χ1n) is 4.64. The third-order valence-electron chi connectivity index (χ3n) is 2.33. The third kappa shape index (κ3) is 3.17. The molecule has 3 N–H and O–H groups in total. The van der Waals surface area contributed by atoms with Gasteiger partial charge in [0.2, 0.25) is 0 Å². The zero-order valence-corrected chi connectivity index (χ0v) is 7.98. The maximum atomic E-state index is 8.90. The summed E-state index contributed by atoms with van der Waals surface area (Å²) in [7, 11) is 0. The van der Waals surface area contributed by atoms with E-state index in [9.17, 15) is 0 Å². The molecule has 0 spiro atoms. The molecule has 72 valence electrons. The molecule has 2 heteroatoms. The van der Waals surface area contributed by atoms with E-state index in [0.717, 1.165) is 6.42 Å². The van der Waals surface area contributed by atoms with Gasteiger partial charge in [-0.3, -0.25) is 0 Å². The first kappa shape index (κ1) is 10.2. The molecule has 0 heterocycles. The Morgan fingerprint density at radius 1 is 1.31 bits per heavy atom. The summed E-state index contributed by atoms with van der Waals surface area (Å²) < 4.78 is 0. The van der Waals surface area contributed by atoms with Crippen LogP contribution in [0.25, 0.3) is 0 Å². The normalized spacial score (nSPS) is 15.3. The second-order valence-electron chi connectivity index (χ2n) is 3.51. The Morgan fingerprint density at radius 3 is 2.46 bits per heavy atom. The van der Waals surface area contributed by atoms with E-state index in [2.05, 4.69) is 12.1 Å². The highest BCUT2D eigenvalue weighted by Gasteiger charge is 2.11. The summed E-state index contributed by atoms with van der Waals surface area (Å²) >= 11 is 0. The quantitative estimate of drug-likeness (QED) is 0.729. The van der Waals surface area contributed by atoms with E-state index in [1.807, 2.05) is 25.1 Å². The first-order chi connectivity index (χ1) is 6.24. The zero-order chi connectivity index (χ0) is 9.68. The molecule has 0 fully saturated rings. The van der Waals surface area contributed by atoms with Gasteiger partial charge in [-0.2, -0.15) is 0 Å². The lowest BCUT2D eigenvalue weighted by atomic mass is 9.97. The second kappa shape index (κ2) is 5.00. The fourth-order valence-corrected chi connectivity index (χ4v) is 1.22. The van der Waals surface area contributed by atoms with Crippen molar-refractivity contribution in [3.8, 4) is 0 Å². The Hall–Kier alpha value is -0.860. The molecule has 1 rings (SSSR count). The average Bonchev–Trinajstić information content (AvgIpc) is 2.18. The van der Waals surface area contributed by atoms with Crippen LogP contribution in [0.1, 0.15) is 12.5 Å². The van der Waals surface area contributed by atoms with Gasteiger partial charge in [-0.25, -0.2) is 0 Å². The van der Waals surface area contributed by atoms with E-state index in [-0.39, 0.29) is 18.6 Å². The lowest BCUT2D eigenvalue weighted by molar-refractivity contribution is 0.216. The molecule has 0 saturated heterocycles. The van der Waals surface area contributed by atoms with E-state index in [1.54, 1.807) is 0 Å². The van der Waals surface area contributed by atoms with Crippen LogP contribution in [0.2, 0.25) is 0 Å². The summed E-state index contributed by atoms with van der Waals surface area (Å²) in [5, 5.41) is 8.90. The van der Waals surface area contributed by atoms with Crippen molar-refractivity contribution in [2.45, 2.75) is 19.4 Å². The molecule has 0 amide bonds. The van der Waals surface area contributed by atoms with Gasteiger partial charge in [0.1, 0.15) is 0 Å². The molecule has 0 saturated carbocycles. The highest BCUT2D eigenvalue weighted by molar-refractivity contribution is 5.15. The summed E-state index contributed by atoms with van der Waals surface area (Å²) in [5.41, 5.74) is 7.13. The van der Waals surface area contributed by atoms with Crippen molar-refractivity contribution in [2.24, 2.45) is 11.7 Å². The van der Waals surface area contributed by atoms with Crippen molar-refractivity contribution in [3.63, 3.8) is 0 Å². The molecule has 0 aliphatic carbocycles. The van der Waals surface area contributed by atoms with Crippen LogP contribution >= 0.6 is 0 Å². The number of hydrogen-bond acceptors (Lipinski definition) is 2. The number of aliphatic hydroxyl groups is 1. The standard InChI is InChI=1S/C11H17NO/c1-9(8-13)11(12)7-10-5-3-2-4-6-10/h2-6,9,11,13H,7-8,12H2,1H3/t9-,11?/m0/s1. The summed E-state index contributed by atoms with van der Waals surface area (Å²) in [4.78, 5) is 0. The molecule has 0 radical (unpaired) electrons. The Morgan fingerprint density at radius 2 is 1.92 bits per heavy atom. The lowest BCUT2D eigenvalue weighted by Gasteiger charge is -2.17. The Labute approximate surface area is 79.4 Å². The van der Waals surface area contributed by atoms with Crippen LogP contribution in [-0.4, -0.2) is 17.8 Å². The Kier molecular flexibility index (Phi) is 3.93. The summed E-state index contributed by atoms with van der Waals surface area (Å²) in [5.74, 6) is 0.167. The van der Waals surface area contributed by atoms with Gasteiger partial charge in [0.25, 0.3) is 0 Å². The molecular formula is C11H17NO. The SMILES string of the molecule is C[C@@H](CO)C(N)Cc1ccccc1. The lowest BCUT2D eigenvalue weighted by Crippen LogP contribution is -2.32. The van der Waals surface area contributed by atoms with Crippen molar-refractivity contribution in [3.05, 3.63) is 35.9 Å². The molecule has 0 aliphatic rings. The topological polar surface area (TPSA) is 46.2 Å². The fraction of sp³-hybridized carbons (Fsp3) is 0.455. The number of nitrogens with two attached hydrogens (primary N) is 1. The van der Waals surface area contributed by atoms with Crippen LogP contribution in [0, 0.1) is 5.92 Å². The van der Waals surface area contributed by atoms with Gasteiger partial charge >= 0.3 is 0 Å². The van der Waals surface area contributed by atoms with Crippen LogP contribution in [-0.2, 0) is 6.42 Å². The van der Waals surface area contributed by atoms with Gasteiger partial charge in [-0.05, 0) is 17.9 Å². The summed E-state index contributed by atoms with van der Waals surface area (Å²) in [6.45, 7) is 2.13. The highest BCUT2D eigenvalue weighted by atomic mass is 16.3. The van der Waals surface area contributed by atoms with Gasteiger partial charge in [0, 0.05) is 12.6 Å². The van der Waals surface area contributed by atoms with Crippen molar-refractivity contribution in [1.82, 2.24) is 0 Å². The van der Waals surface area contributed by atoms with Crippen LogP contribution in [0.4, 0.5) is 0 Å². The number of benzene rings is 1. The van der Waals surface area contributed by atoms with Gasteiger partial charge < -0.3 is 10.8 Å². The Bertz CT molecular complexity index is 235. The summed E-state index contributed by atoms with van der Waals surface area (Å²) in [6, 6.07) is 10.2. The number of rotatable bonds is 4. The molecule has 0 aliphatic heterocycles. The van der Waals surface area contributed by atoms with Gasteiger partial charge in [0.15, 0.2) is 0 Å². The minimum Gasteiger partial charge on any atom is -0.396 e. The van der Waals surface area contributed by atoms with E-state index in [0.29, 0.717) is 0 Å². The van der Waals surface area contributed by atoms with Crippen molar-refractivity contribution in [2.75, 3.05) is 6.61 Å². The Balaban J connectivity index is 2.50. The number of hydrogen-bond donors (Lipinski definition) is 2. The monoisotopic (exact) mass is 179 g/mol. The maximum Gasteiger partial charge on any atom is 0.0471 e. The molecule has 0 aromatic heterocycles. The van der Waals surface area contributed by atoms with Crippen LogP contribution in [0.3, 0.4) is 0 Å². The minimum absolute atomic E-state index is 0.0485. The van der Waals surface area contributed by atoms with Crippen LogP contribution < -0.4 is 5.73 Å². The van der Waals surface area contributed by atoms with E-state index in [1.165, 1.54) is 5.56 Å². The zero-order valence-electron chi connectivity index (χ0n) is 7.98. The van der Waals surface area contributed by atoms with Crippen molar-refractivity contribution < 1.29 is 5.11 Å². The summed E-state index contributed by atoms with van der Waals surface area (Å²) in [6.07, 6.45) is 0.836. The predicted molar refractivity (Wildman–Crippen MR) is 54.4 cm³/mol. The van der Waals surface area contributed by atoms with Crippen LogP contribution in [0.5, 0.6) is 0 Å². The molecule has 2 atom stereocenters. The molecule has 2 nitrogen and oxygen atoms in total. The minimum atomic E-state index is 0.0485. The molecule has 1 aromatic rings. The fourth-order valence-electron chi connectivity index (χ4n) is 1.22. The van der Waals surface area contributed by atoms with Gasteiger partial charge in [-0.15, -0.1) is 0 Å². The van der Waals surface area contributed by atoms with E-state index in [4.69, 9.17) is 10.8 Å². The van der Waals surface area contributed by atoms with E-state index < -0.39 is 0 Å². The smallest absolute Gasteiger partial charge is 0.0471 e. The third-order valence-corrected chi connectivity index (χ3v) is 2.33. The predicted octanol–water partition coefficient (Wildman–Crippen LogP) is 1.18. The average molecular weight is 179 g/mol. The van der Waals surface area contributed by atoms with Crippen molar-refractivity contribution >= 4 is 0 Å². The van der Waals surface area contributed by atoms with Gasteiger partial charge in [0.05, 0.1) is 0 Å². The largest absolute Gasteiger partial charge is 0.396 e. The molecular weight excluding hydrogens is 162 g/mol. The van der Waals surface area contributed by atoms with Crippen LogP contribution in [0.15, 0.2) is 30.3 Å². The first-order valence-corrected chi connectivity index (χ1v) is 4.64. The highest BCUT2D eigenvalue weighted by Crippen LogP contribution is 2.07. The maximum absolute atomic E-state index is 8.90. The second-order valence-corrected chi connectivity index (χ2v) is 3.51. The van der Waals surface area contributed by atoms with Crippen molar-refractivity contribution in [1.29, 1.82) is 0 Å². The number of aliphatic hydroxyl groups excluding tert-OH is 1. The van der Waals surface area contributed by atoms with Gasteiger partial charge in [-0.1, -0.05) is 37.3 Å². The molecule has 0 bridgehead atoms. The van der Waals surface area contributed by atoms with E-state index >= 15 is 0 Å². The molecule has 1 aromatic carbocycles. The molecule has 13 heavy (non-hydrogen) atoms. The molecule has 1 unspecified atom stereocenters.